The van der Waals surface area contributed by atoms with E-state index >= 15 is 0 Å². The molecule has 1 aromatic carbocycles. The zero-order valence-corrected chi connectivity index (χ0v) is 16.6. The molecule has 29 heavy (non-hydrogen) atoms. The van der Waals surface area contributed by atoms with Crippen molar-refractivity contribution in [3.8, 4) is 0 Å². The molecule has 2 rings (SSSR count). The number of halogens is 4. The molecule has 0 fully saturated rings. The first-order chi connectivity index (χ1) is 13.3. The normalized spacial score (nSPS) is 11.5. The molecule has 0 aliphatic rings. The minimum atomic E-state index is -4.58. The maximum atomic E-state index is 12.8. The molecule has 6 nitrogen and oxygen atoms in total. The van der Waals surface area contributed by atoms with Gasteiger partial charge in [-0.2, -0.15) is 13.2 Å². The molecule has 0 spiro atoms. The molecule has 0 aliphatic carbocycles. The predicted octanol–water partition coefficient (Wildman–Crippen LogP) is 3.04. The highest BCUT2D eigenvalue weighted by Gasteiger charge is 2.31. The van der Waals surface area contributed by atoms with Gasteiger partial charge in [0.1, 0.15) is 0 Å². The fourth-order valence-corrected chi connectivity index (χ4v) is 2.89. The summed E-state index contributed by atoms with van der Waals surface area (Å²) >= 11 is 5.95. The second kappa shape index (κ2) is 8.28. The van der Waals surface area contributed by atoms with Crippen LogP contribution in [0.15, 0.2) is 56.9 Å². The van der Waals surface area contributed by atoms with Gasteiger partial charge in [0, 0.05) is 5.02 Å². The Morgan fingerprint density at radius 2 is 1.38 bits per heavy atom. The van der Waals surface area contributed by atoms with Crippen molar-refractivity contribution < 1.29 is 13.2 Å². The molecule has 10 heteroatoms. The van der Waals surface area contributed by atoms with E-state index in [9.17, 15) is 27.6 Å². The van der Waals surface area contributed by atoms with Crippen LogP contribution in [-0.2, 0) is 25.8 Å². The monoisotopic (exact) mass is 429 g/mol. The van der Waals surface area contributed by atoms with Crippen LogP contribution in [-0.4, -0.2) is 13.7 Å². The minimum absolute atomic E-state index is 0.116. The third-order valence-corrected chi connectivity index (χ3v) is 4.30. The number of alkyl halides is 3. The number of hydrogen-bond acceptors (Lipinski definition) is 3. The fourth-order valence-electron chi connectivity index (χ4n) is 2.65. The van der Waals surface area contributed by atoms with Crippen molar-refractivity contribution in [1.29, 1.82) is 0 Å². The zero-order valence-electron chi connectivity index (χ0n) is 15.8. The van der Waals surface area contributed by atoms with Gasteiger partial charge >= 0.3 is 23.2 Å². The van der Waals surface area contributed by atoms with Gasteiger partial charge in [-0.05, 0) is 31.5 Å². The average molecular weight is 430 g/mol. The van der Waals surface area contributed by atoms with E-state index in [0.717, 1.165) is 31.9 Å². The number of allylic oxidation sites excluding steroid dienone is 2. The molecule has 0 radical (unpaired) electrons. The summed E-state index contributed by atoms with van der Waals surface area (Å²) in [6, 6.07) is 2.62. The average Bonchev–Trinajstić information content (AvgIpc) is 2.59. The van der Waals surface area contributed by atoms with Gasteiger partial charge in [0.25, 0.3) is 0 Å². The Kier molecular flexibility index (Phi) is 6.42. The van der Waals surface area contributed by atoms with E-state index < -0.39 is 35.4 Å². The van der Waals surface area contributed by atoms with Crippen molar-refractivity contribution in [1.82, 2.24) is 13.7 Å². The van der Waals surface area contributed by atoms with Crippen LogP contribution < -0.4 is 17.1 Å². The number of rotatable bonds is 6. The van der Waals surface area contributed by atoms with Crippen molar-refractivity contribution in [3.05, 3.63) is 90.1 Å². The summed E-state index contributed by atoms with van der Waals surface area (Å²) in [4.78, 5) is 38.1. The lowest BCUT2D eigenvalue weighted by Crippen LogP contribution is -2.54. The lowest BCUT2D eigenvalue weighted by molar-refractivity contribution is -0.137. The Labute approximate surface area is 168 Å². The molecule has 0 saturated heterocycles. The van der Waals surface area contributed by atoms with Gasteiger partial charge in [-0.1, -0.05) is 42.0 Å². The van der Waals surface area contributed by atoms with E-state index in [1.807, 2.05) is 0 Å². The second-order valence-electron chi connectivity index (χ2n) is 6.82. The predicted molar refractivity (Wildman–Crippen MR) is 104 cm³/mol. The van der Waals surface area contributed by atoms with E-state index in [4.69, 9.17) is 11.6 Å². The Bertz CT molecular complexity index is 1100. The number of benzene rings is 1. The standard InChI is InChI=1S/C19H19ClF3N3O3/c1-11(2)8-24-16(27)25(9-12(3)4)18(29)26(17(24)28)10-13-5-6-14(7-15(13)20)19(21,22)23/h5-7H,1,3,8-10H2,2,4H3. The largest absolute Gasteiger partial charge is 0.416 e. The van der Waals surface area contributed by atoms with Gasteiger partial charge in [0.15, 0.2) is 0 Å². The first-order valence-corrected chi connectivity index (χ1v) is 8.79. The molecular weight excluding hydrogens is 411 g/mol. The van der Waals surface area contributed by atoms with Gasteiger partial charge in [0.05, 0.1) is 25.2 Å². The summed E-state index contributed by atoms with van der Waals surface area (Å²) in [6.45, 7) is 9.91. The van der Waals surface area contributed by atoms with Gasteiger partial charge in [0.2, 0.25) is 0 Å². The molecule has 2 aromatic rings. The number of aromatic nitrogens is 3. The fraction of sp³-hybridized carbons (Fsp3) is 0.316. The summed E-state index contributed by atoms with van der Waals surface area (Å²) < 4.78 is 40.9. The molecule has 1 aromatic heterocycles. The van der Waals surface area contributed by atoms with Crippen LogP contribution in [0.4, 0.5) is 13.2 Å². The van der Waals surface area contributed by atoms with Crippen molar-refractivity contribution in [3.63, 3.8) is 0 Å². The summed E-state index contributed by atoms with van der Waals surface area (Å²) in [5, 5.41) is -0.254. The molecule has 0 amide bonds. The third kappa shape index (κ3) is 4.97. The Balaban J connectivity index is 2.68. The van der Waals surface area contributed by atoms with Gasteiger partial charge in [-0.3, -0.25) is 0 Å². The maximum Gasteiger partial charge on any atom is 0.416 e. The summed E-state index contributed by atoms with van der Waals surface area (Å²) in [7, 11) is 0. The minimum Gasteiger partial charge on any atom is -0.247 e. The van der Waals surface area contributed by atoms with E-state index in [0.29, 0.717) is 11.1 Å². The molecule has 0 atom stereocenters. The van der Waals surface area contributed by atoms with E-state index in [1.165, 1.54) is 0 Å². The van der Waals surface area contributed by atoms with E-state index in [1.54, 1.807) is 13.8 Å². The van der Waals surface area contributed by atoms with E-state index in [2.05, 4.69) is 13.2 Å². The van der Waals surface area contributed by atoms with E-state index in [-0.39, 0.29) is 23.7 Å². The molecule has 0 saturated carbocycles. The quantitative estimate of drug-likeness (QED) is 0.663. The molecular formula is C19H19ClF3N3O3. The number of hydrogen-bond donors (Lipinski definition) is 0. The van der Waals surface area contributed by atoms with Crippen LogP contribution in [0.2, 0.25) is 5.02 Å². The molecule has 0 aliphatic heterocycles. The van der Waals surface area contributed by atoms with Crippen LogP contribution in [0, 0.1) is 0 Å². The maximum absolute atomic E-state index is 12.8. The van der Waals surface area contributed by atoms with Crippen molar-refractivity contribution in [2.24, 2.45) is 0 Å². The first-order valence-electron chi connectivity index (χ1n) is 8.41. The van der Waals surface area contributed by atoms with Crippen LogP contribution in [0.5, 0.6) is 0 Å². The van der Waals surface area contributed by atoms with Crippen LogP contribution >= 0.6 is 11.6 Å². The highest BCUT2D eigenvalue weighted by molar-refractivity contribution is 6.31. The Hall–Kier alpha value is -2.81. The Morgan fingerprint density at radius 1 is 0.931 bits per heavy atom. The van der Waals surface area contributed by atoms with Crippen LogP contribution in [0.25, 0.3) is 0 Å². The third-order valence-electron chi connectivity index (χ3n) is 3.95. The lowest BCUT2D eigenvalue weighted by Gasteiger charge is -2.15. The molecule has 0 N–H and O–H groups in total. The topological polar surface area (TPSA) is 66.0 Å². The zero-order chi connectivity index (χ0) is 22.1. The van der Waals surface area contributed by atoms with Gasteiger partial charge < -0.3 is 0 Å². The molecule has 1 heterocycles. The molecule has 0 unspecified atom stereocenters. The molecule has 0 bridgehead atoms. The van der Waals surface area contributed by atoms with Crippen molar-refractivity contribution in [2.75, 3.05) is 0 Å². The van der Waals surface area contributed by atoms with Crippen LogP contribution in [0.1, 0.15) is 25.0 Å². The lowest BCUT2D eigenvalue weighted by atomic mass is 10.1. The Morgan fingerprint density at radius 3 is 1.76 bits per heavy atom. The highest BCUT2D eigenvalue weighted by atomic mass is 35.5. The smallest absolute Gasteiger partial charge is 0.247 e. The van der Waals surface area contributed by atoms with Gasteiger partial charge in [-0.15, -0.1) is 0 Å². The van der Waals surface area contributed by atoms with Gasteiger partial charge in [-0.25, -0.2) is 28.1 Å². The SMILES string of the molecule is C=C(C)Cn1c(=O)n(CC(=C)C)c(=O)n(Cc2ccc(C(F)(F)F)cc2Cl)c1=O. The summed E-state index contributed by atoms with van der Waals surface area (Å²) in [6.07, 6.45) is -4.58. The van der Waals surface area contributed by atoms with Crippen LogP contribution in [0.3, 0.4) is 0 Å². The number of nitrogens with zero attached hydrogens (tertiary/aromatic N) is 3. The highest BCUT2D eigenvalue weighted by Crippen LogP contribution is 2.32. The molecule has 156 valence electrons. The van der Waals surface area contributed by atoms with Crippen molar-refractivity contribution >= 4 is 11.6 Å². The summed E-state index contributed by atoms with van der Waals surface area (Å²) in [5.74, 6) is 0. The second-order valence-corrected chi connectivity index (χ2v) is 7.23. The summed E-state index contributed by atoms with van der Waals surface area (Å²) in [5.41, 5.74) is -2.45. The van der Waals surface area contributed by atoms with Crippen molar-refractivity contribution in [2.45, 2.75) is 39.7 Å². The first kappa shape index (κ1) is 22.5.